The third-order valence-electron chi connectivity index (χ3n) is 4.18. The summed E-state index contributed by atoms with van der Waals surface area (Å²) < 4.78 is 10.8. The topological polar surface area (TPSA) is 60.2 Å². The van der Waals surface area contributed by atoms with E-state index in [9.17, 15) is 0 Å². The molecule has 2 aliphatic rings. The van der Waals surface area contributed by atoms with E-state index in [4.69, 9.17) is 9.26 Å². The van der Waals surface area contributed by atoms with Gasteiger partial charge in [0.15, 0.2) is 5.82 Å². The SMILES string of the molecule is COCCC1(c2nc(C3CC3)no2)CCNCC1. The molecule has 1 saturated heterocycles. The molecule has 5 nitrogen and oxygen atoms in total. The summed E-state index contributed by atoms with van der Waals surface area (Å²) in [5, 5.41) is 7.56. The number of hydrogen-bond donors (Lipinski definition) is 1. The highest BCUT2D eigenvalue weighted by Crippen LogP contribution is 2.41. The van der Waals surface area contributed by atoms with Crippen LogP contribution in [0.4, 0.5) is 0 Å². The molecule has 1 aromatic heterocycles. The second-order valence-electron chi connectivity index (χ2n) is 5.51. The monoisotopic (exact) mass is 251 g/mol. The van der Waals surface area contributed by atoms with E-state index < -0.39 is 0 Å². The van der Waals surface area contributed by atoms with E-state index in [2.05, 4.69) is 15.5 Å². The third kappa shape index (κ3) is 2.29. The molecule has 1 aliphatic heterocycles. The van der Waals surface area contributed by atoms with Crippen molar-refractivity contribution in [2.24, 2.45) is 0 Å². The highest BCUT2D eigenvalue weighted by Gasteiger charge is 2.40. The molecule has 5 heteroatoms. The molecule has 0 unspecified atom stereocenters. The molecule has 18 heavy (non-hydrogen) atoms. The molecule has 1 N–H and O–H groups in total. The van der Waals surface area contributed by atoms with Crippen LogP contribution in [0.2, 0.25) is 0 Å². The van der Waals surface area contributed by atoms with Gasteiger partial charge >= 0.3 is 0 Å². The minimum atomic E-state index is 0.0292. The Morgan fingerprint density at radius 1 is 1.39 bits per heavy atom. The van der Waals surface area contributed by atoms with Gasteiger partial charge in [0, 0.05) is 19.6 Å². The smallest absolute Gasteiger partial charge is 0.233 e. The van der Waals surface area contributed by atoms with Gasteiger partial charge in [0.1, 0.15) is 0 Å². The van der Waals surface area contributed by atoms with Crippen LogP contribution in [-0.4, -0.2) is 36.9 Å². The fourth-order valence-corrected chi connectivity index (χ4v) is 2.73. The molecule has 100 valence electrons. The summed E-state index contributed by atoms with van der Waals surface area (Å²) >= 11 is 0. The summed E-state index contributed by atoms with van der Waals surface area (Å²) in [5.74, 6) is 2.31. The maximum atomic E-state index is 5.56. The predicted molar refractivity (Wildman–Crippen MR) is 66.5 cm³/mol. The lowest BCUT2D eigenvalue weighted by Crippen LogP contribution is -2.41. The summed E-state index contributed by atoms with van der Waals surface area (Å²) in [4.78, 5) is 4.66. The lowest BCUT2D eigenvalue weighted by atomic mass is 9.76. The normalized spacial score (nSPS) is 23.2. The van der Waals surface area contributed by atoms with Crippen LogP contribution in [0.1, 0.15) is 49.7 Å². The molecular formula is C13H21N3O2. The molecule has 1 aliphatic carbocycles. The maximum Gasteiger partial charge on any atom is 0.233 e. The Labute approximate surface area is 107 Å². The van der Waals surface area contributed by atoms with Crippen molar-refractivity contribution in [2.75, 3.05) is 26.8 Å². The van der Waals surface area contributed by atoms with E-state index in [-0.39, 0.29) is 5.41 Å². The first-order chi connectivity index (χ1) is 8.84. The van der Waals surface area contributed by atoms with Crippen LogP contribution in [0, 0.1) is 0 Å². The summed E-state index contributed by atoms with van der Waals surface area (Å²) in [7, 11) is 1.75. The van der Waals surface area contributed by atoms with Crippen LogP contribution in [0.25, 0.3) is 0 Å². The number of hydrogen-bond acceptors (Lipinski definition) is 5. The van der Waals surface area contributed by atoms with Gasteiger partial charge in [0.25, 0.3) is 0 Å². The van der Waals surface area contributed by atoms with Crippen LogP contribution in [0.15, 0.2) is 4.52 Å². The van der Waals surface area contributed by atoms with Crippen molar-refractivity contribution in [3.05, 3.63) is 11.7 Å². The first-order valence-corrected chi connectivity index (χ1v) is 6.88. The number of piperidine rings is 1. The number of ether oxygens (including phenoxy) is 1. The van der Waals surface area contributed by atoms with Gasteiger partial charge < -0.3 is 14.6 Å². The first kappa shape index (κ1) is 12.1. The van der Waals surface area contributed by atoms with Crippen LogP contribution < -0.4 is 5.32 Å². The van der Waals surface area contributed by atoms with Crippen molar-refractivity contribution in [1.29, 1.82) is 0 Å². The van der Waals surface area contributed by atoms with Gasteiger partial charge in [0.2, 0.25) is 5.89 Å². The summed E-state index contributed by atoms with van der Waals surface area (Å²) in [6, 6.07) is 0. The zero-order valence-electron chi connectivity index (χ0n) is 10.9. The van der Waals surface area contributed by atoms with Crippen molar-refractivity contribution in [3.63, 3.8) is 0 Å². The molecule has 1 saturated carbocycles. The highest BCUT2D eigenvalue weighted by atomic mass is 16.5. The molecular weight excluding hydrogens is 230 g/mol. The van der Waals surface area contributed by atoms with E-state index in [1.807, 2.05) is 0 Å². The first-order valence-electron chi connectivity index (χ1n) is 6.88. The van der Waals surface area contributed by atoms with E-state index >= 15 is 0 Å². The maximum absolute atomic E-state index is 5.56. The quantitative estimate of drug-likeness (QED) is 0.861. The van der Waals surface area contributed by atoms with E-state index in [0.717, 1.165) is 50.7 Å². The largest absolute Gasteiger partial charge is 0.385 e. The molecule has 0 bridgehead atoms. The highest BCUT2D eigenvalue weighted by molar-refractivity contribution is 5.11. The Morgan fingerprint density at radius 3 is 2.83 bits per heavy atom. The number of methoxy groups -OCH3 is 1. The minimum absolute atomic E-state index is 0.0292. The predicted octanol–water partition coefficient (Wildman–Crippen LogP) is 1.60. The summed E-state index contributed by atoms with van der Waals surface area (Å²) in [6.07, 6.45) is 5.51. The molecule has 2 heterocycles. The van der Waals surface area contributed by atoms with Crippen LogP contribution in [0.3, 0.4) is 0 Å². The molecule has 0 amide bonds. The van der Waals surface area contributed by atoms with E-state index in [1.165, 1.54) is 12.8 Å². The molecule has 0 atom stereocenters. The average Bonchev–Trinajstić information content (AvgIpc) is 3.15. The van der Waals surface area contributed by atoms with Gasteiger partial charge in [-0.3, -0.25) is 0 Å². The van der Waals surface area contributed by atoms with Crippen molar-refractivity contribution in [3.8, 4) is 0 Å². The molecule has 3 rings (SSSR count). The Kier molecular flexibility index (Phi) is 3.35. The molecule has 0 spiro atoms. The Hall–Kier alpha value is -0.940. The van der Waals surface area contributed by atoms with Crippen molar-refractivity contribution in [2.45, 2.75) is 43.4 Å². The van der Waals surface area contributed by atoms with Crippen LogP contribution >= 0.6 is 0 Å². The zero-order valence-corrected chi connectivity index (χ0v) is 10.9. The molecule has 2 fully saturated rings. The van der Waals surface area contributed by atoms with Gasteiger partial charge in [-0.2, -0.15) is 4.98 Å². The average molecular weight is 251 g/mol. The van der Waals surface area contributed by atoms with Crippen LogP contribution in [0.5, 0.6) is 0 Å². The third-order valence-corrected chi connectivity index (χ3v) is 4.18. The van der Waals surface area contributed by atoms with Crippen molar-refractivity contribution >= 4 is 0 Å². The van der Waals surface area contributed by atoms with Crippen molar-refractivity contribution in [1.82, 2.24) is 15.5 Å². The van der Waals surface area contributed by atoms with Gasteiger partial charge in [-0.05, 0) is 45.2 Å². The second-order valence-corrected chi connectivity index (χ2v) is 5.51. The Balaban J connectivity index is 1.81. The number of nitrogens with one attached hydrogen (secondary N) is 1. The Morgan fingerprint density at radius 2 is 2.17 bits per heavy atom. The van der Waals surface area contributed by atoms with Gasteiger partial charge in [-0.1, -0.05) is 5.16 Å². The van der Waals surface area contributed by atoms with Gasteiger partial charge in [-0.15, -0.1) is 0 Å². The second kappa shape index (κ2) is 4.97. The summed E-state index contributed by atoms with van der Waals surface area (Å²) in [6.45, 7) is 2.79. The van der Waals surface area contributed by atoms with Gasteiger partial charge in [-0.25, -0.2) is 0 Å². The minimum Gasteiger partial charge on any atom is -0.385 e. The molecule has 0 aromatic carbocycles. The molecule has 1 aromatic rings. The lowest BCUT2D eigenvalue weighted by Gasteiger charge is -2.34. The summed E-state index contributed by atoms with van der Waals surface area (Å²) in [5.41, 5.74) is 0.0292. The zero-order chi connectivity index (χ0) is 12.4. The number of nitrogens with zero attached hydrogens (tertiary/aromatic N) is 2. The number of rotatable bonds is 5. The fraction of sp³-hybridized carbons (Fsp3) is 0.846. The molecule has 0 radical (unpaired) electrons. The number of aromatic nitrogens is 2. The van der Waals surface area contributed by atoms with E-state index in [1.54, 1.807) is 7.11 Å². The van der Waals surface area contributed by atoms with Crippen molar-refractivity contribution < 1.29 is 9.26 Å². The van der Waals surface area contributed by atoms with E-state index in [0.29, 0.717) is 5.92 Å². The van der Waals surface area contributed by atoms with Gasteiger partial charge in [0.05, 0.1) is 5.41 Å². The van der Waals surface area contributed by atoms with Crippen LogP contribution in [-0.2, 0) is 10.2 Å². The lowest BCUT2D eigenvalue weighted by molar-refractivity contribution is 0.131. The standard InChI is InChI=1S/C13H21N3O2/c1-17-9-6-13(4-7-14-8-5-13)12-15-11(16-18-12)10-2-3-10/h10,14H,2-9H2,1H3. The fourth-order valence-electron chi connectivity index (χ4n) is 2.73. The Bertz CT molecular complexity index is 395.